The summed E-state index contributed by atoms with van der Waals surface area (Å²) in [5.41, 5.74) is 2.20. The van der Waals surface area contributed by atoms with Gasteiger partial charge < -0.3 is 14.5 Å². The summed E-state index contributed by atoms with van der Waals surface area (Å²) in [7, 11) is 0. The van der Waals surface area contributed by atoms with Crippen molar-refractivity contribution >= 4 is 5.91 Å². The van der Waals surface area contributed by atoms with Crippen molar-refractivity contribution in [2.45, 2.75) is 19.3 Å². The monoisotopic (exact) mass is 376 g/mol. The second kappa shape index (κ2) is 8.85. The SMILES string of the molecule is O=C(NCCCOCC1CC1)c1ccccc1-c1ncc(-c2ccccc2)o1. The fraction of sp³-hybridized carbons (Fsp3) is 0.304. The Morgan fingerprint density at radius 2 is 1.89 bits per heavy atom. The number of oxazole rings is 1. The summed E-state index contributed by atoms with van der Waals surface area (Å²) >= 11 is 0. The predicted octanol–water partition coefficient (Wildman–Crippen LogP) is 4.56. The van der Waals surface area contributed by atoms with Crippen molar-refractivity contribution in [3.63, 3.8) is 0 Å². The largest absolute Gasteiger partial charge is 0.436 e. The average Bonchev–Trinajstić information content (AvgIpc) is 3.44. The molecule has 1 aliphatic carbocycles. The molecule has 0 saturated heterocycles. The van der Waals surface area contributed by atoms with E-state index in [0.29, 0.717) is 35.9 Å². The molecule has 3 aromatic rings. The van der Waals surface area contributed by atoms with Gasteiger partial charge in [0.1, 0.15) is 0 Å². The van der Waals surface area contributed by atoms with Crippen molar-refractivity contribution in [1.82, 2.24) is 10.3 Å². The Morgan fingerprint density at radius 3 is 2.71 bits per heavy atom. The predicted molar refractivity (Wildman–Crippen MR) is 108 cm³/mol. The average molecular weight is 376 g/mol. The maximum absolute atomic E-state index is 12.6. The van der Waals surface area contributed by atoms with E-state index in [2.05, 4.69) is 10.3 Å². The van der Waals surface area contributed by atoms with Crippen LogP contribution in [0.25, 0.3) is 22.8 Å². The number of nitrogens with one attached hydrogen (secondary N) is 1. The summed E-state index contributed by atoms with van der Waals surface area (Å²) in [4.78, 5) is 17.0. The molecule has 1 heterocycles. The molecule has 0 bridgehead atoms. The summed E-state index contributed by atoms with van der Waals surface area (Å²) in [5, 5.41) is 2.96. The second-order valence-electron chi connectivity index (χ2n) is 7.07. The van der Waals surface area contributed by atoms with Gasteiger partial charge in [0.2, 0.25) is 5.89 Å². The number of ether oxygens (including phenoxy) is 1. The Kier molecular flexibility index (Phi) is 5.83. The molecular weight excluding hydrogens is 352 g/mol. The minimum atomic E-state index is -0.128. The molecule has 0 unspecified atom stereocenters. The molecule has 1 aliphatic rings. The molecule has 0 spiro atoms. The zero-order valence-electron chi connectivity index (χ0n) is 15.8. The van der Waals surface area contributed by atoms with Gasteiger partial charge in [0.25, 0.3) is 5.91 Å². The minimum absolute atomic E-state index is 0.128. The molecule has 144 valence electrons. The molecule has 5 nitrogen and oxygen atoms in total. The maximum Gasteiger partial charge on any atom is 0.252 e. The Hall–Kier alpha value is -2.92. The van der Waals surface area contributed by atoms with E-state index < -0.39 is 0 Å². The molecule has 1 fully saturated rings. The normalized spacial score (nSPS) is 13.4. The molecular formula is C23H24N2O3. The molecule has 1 saturated carbocycles. The summed E-state index contributed by atoms with van der Waals surface area (Å²) in [6.07, 6.45) is 5.08. The van der Waals surface area contributed by atoms with Gasteiger partial charge in [-0.1, -0.05) is 42.5 Å². The zero-order valence-corrected chi connectivity index (χ0v) is 15.8. The molecule has 5 heteroatoms. The molecule has 1 amide bonds. The van der Waals surface area contributed by atoms with Crippen molar-refractivity contribution in [1.29, 1.82) is 0 Å². The lowest BCUT2D eigenvalue weighted by Gasteiger charge is -2.08. The number of carbonyl (C=O) groups is 1. The van der Waals surface area contributed by atoms with Crippen LogP contribution in [0.4, 0.5) is 0 Å². The first-order valence-corrected chi connectivity index (χ1v) is 9.78. The number of carbonyl (C=O) groups excluding carboxylic acids is 1. The fourth-order valence-electron chi connectivity index (χ4n) is 3.01. The molecule has 0 radical (unpaired) electrons. The van der Waals surface area contributed by atoms with Crippen LogP contribution in [0.15, 0.2) is 65.2 Å². The lowest BCUT2D eigenvalue weighted by molar-refractivity contribution is 0.0937. The van der Waals surface area contributed by atoms with Crippen LogP contribution in [0.5, 0.6) is 0 Å². The third-order valence-corrected chi connectivity index (χ3v) is 4.77. The molecule has 0 atom stereocenters. The Bertz CT molecular complexity index is 916. The highest BCUT2D eigenvalue weighted by molar-refractivity contribution is 6.00. The Labute approximate surface area is 164 Å². The van der Waals surface area contributed by atoms with Crippen molar-refractivity contribution in [3.05, 3.63) is 66.4 Å². The molecule has 0 aliphatic heterocycles. The smallest absolute Gasteiger partial charge is 0.252 e. The van der Waals surface area contributed by atoms with Crippen LogP contribution >= 0.6 is 0 Å². The topological polar surface area (TPSA) is 64.4 Å². The van der Waals surface area contributed by atoms with Crippen LogP contribution in [-0.4, -0.2) is 30.6 Å². The zero-order chi connectivity index (χ0) is 19.2. The number of aromatic nitrogens is 1. The third-order valence-electron chi connectivity index (χ3n) is 4.77. The van der Waals surface area contributed by atoms with E-state index in [0.717, 1.165) is 24.5 Å². The van der Waals surface area contributed by atoms with Gasteiger partial charge in [-0.3, -0.25) is 4.79 Å². The number of benzene rings is 2. The first-order valence-electron chi connectivity index (χ1n) is 9.78. The quantitative estimate of drug-likeness (QED) is 0.556. The summed E-state index contributed by atoms with van der Waals surface area (Å²) in [5.74, 6) is 1.76. The summed E-state index contributed by atoms with van der Waals surface area (Å²) in [6, 6.07) is 17.2. The lowest BCUT2D eigenvalue weighted by Crippen LogP contribution is -2.25. The van der Waals surface area contributed by atoms with Gasteiger partial charge in [0.05, 0.1) is 11.8 Å². The highest BCUT2D eigenvalue weighted by Crippen LogP contribution is 2.29. The van der Waals surface area contributed by atoms with Crippen LogP contribution in [0, 0.1) is 5.92 Å². The van der Waals surface area contributed by atoms with E-state index in [1.807, 2.05) is 48.5 Å². The van der Waals surface area contributed by atoms with Gasteiger partial charge in [-0.25, -0.2) is 4.98 Å². The van der Waals surface area contributed by atoms with Crippen LogP contribution in [0.1, 0.15) is 29.6 Å². The van der Waals surface area contributed by atoms with Crippen LogP contribution < -0.4 is 5.32 Å². The number of hydrogen-bond donors (Lipinski definition) is 1. The van der Waals surface area contributed by atoms with Gasteiger partial charge in [0.15, 0.2) is 5.76 Å². The van der Waals surface area contributed by atoms with Crippen molar-refractivity contribution in [2.75, 3.05) is 19.8 Å². The van der Waals surface area contributed by atoms with Crippen molar-refractivity contribution in [3.8, 4) is 22.8 Å². The third kappa shape index (κ3) is 4.67. The maximum atomic E-state index is 12.6. The number of hydrogen-bond acceptors (Lipinski definition) is 4. The molecule has 4 rings (SSSR count). The minimum Gasteiger partial charge on any atom is -0.436 e. The van der Waals surface area contributed by atoms with E-state index in [1.165, 1.54) is 12.8 Å². The fourth-order valence-corrected chi connectivity index (χ4v) is 3.01. The highest BCUT2D eigenvalue weighted by atomic mass is 16.5. The Balaban J connectivity index is 1.39. The van der Waals surface area contributed by atoms with Crippen molar-refractivity contribution in [2.24, 2.45) is 5.92 Å². The van der Waals surface area contributed by atoms with Gasteiger partial charge in [-0.2, -0.15) is 0 Å². The van der Waals surface area contributed by atoms with E-state index in [1.54, 1.807) is 12.3 Å². The molecule has 2 aromatic carbocycles. The van der Waals surface area contributed by atoms with Crippen LogP contribution in [0.3, 0.4) is 0 Å². The number of rotatable bonds is 9. The highest BCUT2D eigenvalue weighted by Gasteiger charge is 2.21. The lowest BCUT2D eigenvalue weighted by atomic mass is 10.1. The molecule has 1 aromatic heterocycles. The summed E-state index contributed by atoms with van der Waals surface area (Å²) < 4.78 is 11.5. The number of nitrogens with zero attached hydrogens (tertiary/aromatic N) is 1. The first-order chi connectivity index (χ1) is 13.8. The van der Waals surface area contributed by atoms with E-state index in [4.69, 9.17) is 9.15 Å². The second-order valence-corrected chi connectivity index (χ2v) is 7.07. The first kappa shape index (κ1) is 18.4. The van der Waals surface area contributed by atoms with Gasteiger partial charge in [-0.05, 0) is 37.3 Å². The van der Waals surface area contributed by atoms with Crippen LogP contribution in [-0.2, 0) is 4.74 Å². The van der Waals surface area contributed by atoms with E-state index in [9.17, 15) is 4.79 Å². The standard InChI is InChI=1S/C23H24N2O3/c26-22(24-13-6-14-27-16-17-11-12-17)19-9-4-5-10-20(19)23-25-15-21(28-23)18-7-2-1-3-8-18/h1-5,7-10,15,17H,6,11-14,16H2,(H,24,26). The van der Waals surface area contributed by atoms with Gasteiger partial charge in [-0.15, -0.1) is 0 Å². The van der Waals surface area contributed by atoms with Crippen molar-refractivity contribution < 1.29 is 13.9 Å². The molecule has 1 N–H and O–H groups in total. The van der Waals surface area contributed by atoms with Gasteiger partial charge >= 0.3 is 0 Å². The summed E-state index contributed by atoms with van der Waals surface area (Å²) in [6.45, 7) is 2.11. The van der Waals surface area contributed by atoms with E-state index in [-0.39, 0.29) is 5.91 Å². The molecule has 28 heavy (non-hydrogen) atoms. The number of amides is 1. The van der Waals surface area contributed by atoms with Gasteiger partial charge in [0, 0.05) is 30.9 Å². The van der Waals surface area contributed by atoms with E-state index >= 15 is 0 Å². The Morgan fingerprint density at radius 1 is 1.11 bits per heavy atom. The van der Waals surface area contributed by atoms with Crippen LogP contribution in [0.2, 0.25) is 0 Å².